The first-order valence-corrected chi connectivity index (χ1v) is 9.72. The number of hydrogen-bond acceptors (Lipinski definition) is 4. The quantitative estimate of drug-likeness (QED) is 0.322. The molecule has 2 rings (SSSR count). The standard InChI is InChI=1S/C21H29FN4O3/c1-4-17(29-18-8-5-7-16(22)13-18)14-26-21(23-3)25-11-6-10-24-20(27)19-15(2)9-12-28-19/h5,7-9,12-13,17H,4,6,10-11,14H2,1-3H3,(H,24,27)(H2,23,25,26). The van der Waals surface area contributed by atoms with Crippen LogP contribution in [0.25, 0.3) is 0 Å². The van der Waals surface area contributed by atoms with Gasteiger partial charge in [0.15, 0.2) is 11.7 Å². The first kappa shape index (κ1) is 22.3. The van der Waals surface area contributed by atoms with Crippen molar-refractivity contribution in [2.24, 2.45) is 4.99 Å². The molecule has 0 spiro atoms. The number of rotatable bonds is 10. The van der Waals surface area contributed by atoms with Crippen molar-refractivity contribution in [3.05, 3.63) is 53.7 Å². The Morgan fingerprint density at radius 3 is 2.69 bits per heavy atom. The zero-order valence-corrected chi connectivity index (χ0v) is 17.1. The number of carbonyl (C=O) groups is 1. The van der Waals surface area contributed by atoms with E-state index in [1.807, 2.05) is 13.8 Å². The smallest absolute Gasteiger partial charge is 0.287 e. The molecule has 1 heterocycles. The summed E-state index contributed by atoms with van der Waals surface area (Å²) in [5.41, 5.74) is 0.816. The number of furan rings is 1. The number of ether oxygens (including phenoxy) is 1. The topological polar surface area (TPSA) is 87.9 Å². The summed E-state index contributed by atoms with van der Waals surface area (Å²) in [6, 6.07) is 7.87. The normalized spacial score (nSPS) is 12.3. The summed E-state index contributed by atoms with van der Waals surface area (Å²) in [7, 11) is 1.69. The second-order valence-corrected chi connectivity index (χ2v) is 6.53. The highest BCUT2D eigenvalue weighted by molar-refractivity contribution is 5.92. The average molecular weight is 404 g/mol. The largest absolute Gasteiger partial charge is 0.489 e. The minimum absolute atomic E-state index is 0.119. The van der Waals surface area contributed by atoms with Gasteiger partial charge in [0.05, 0.1) is 12.8 Å². The van der Waals surface area contributed by atoms with Crippen LogP contribution in [0.5, 0.6) is 5.75 Å². The van der Waals surface area contributed by atoms with Crippen LogP contribution in [-0.4, -0.2) is 44.7 Å². The van der Waals surface area contributed by atoms with E-state index in [-0.39, 0.29) is 17.8 Å². The molecule has 1 atom stereocenters. The van der Waals surface area contributed by atoms with Gasteiger partial charge in [0, 0.05) is 31.8 Å². The maximum Gasteiger partial charge on any atom is 0.287 e. The molecule has 0 aliphatic heterocycles. The second kappa shape index (κ2) is 11.7. The van der Waals surface area contributed by atoms with Gasteiger partial charge in [-0.2, -0.15) is 0 Å². The first-order chi connectivity index (χ1) is 14.0. The molecule has 0 radical (unpaired) electrons. The van der Waals surface area contributed by atoms with Gasteiger partial charge >= 0.3 is 0 Å². The van der Waals surface area contributed by atoms with Crippen LogP contribution in [0.4, 0.5) is 4.39 Å². The fraction of sp³-hybridized carbons (Fsp3) is 0.429. The molecule has 1 aromatic carbocycles. The van der Waals surface area contributed by atoms with E-state index in [1.165, 1.54) is 18.4 Å². The first-order valence-electron chi connectivity index (χ1n) is 9.72. The van der Waals surface area contributed by atoms with Crippen molar-refractivity contribution in [3.8, 4) is 5.75 Å². The van der Waals surface area contributed by atoms with E-state index in [0.29, 0.717) is 37.1 Å². The Kier molecular flexibility index (Phi) is 9.01. The van der Waals surface area contributed by atoms with Crippen LogP contribution >= 0.6 is 0 Å². The van der Waals surface area contributed by atoms with Crippen LogP contribution in [0.3, 0.4) is 0 Å². The summed E-state index contributed by atoms with van der Waals surface area (Å²) >= 11 is 0. The third kappa shape index (κ3) is 7.48. The number of benzene rings is 1. The van der Waals surface area contributed by atoms with Gasteiger partial charge in [-0.15, -0.1) is 0 Å². The van der Waals surface area contributed by atoms with Gasteiger partial charge in [-0.05, 0) is 38.0 Å². The van der Waals surface area contributed by atoms with Gasteiger partial charge in [0.2, 0.25) is 0 Å². The number of carbonyl (C=O) groups excluding carboxylic acids is 1. The van der Waals surface area contributed by atoms with Crippen LogP contribution in [0.15, 0.2) is 46.0 Å². The number of guanidine groups is 1. The molecule has 0 saturated heterocycles. The number of nitrogens with zero attached hydrogens (tertiary/aromatic N) is 1. The molecule has 2 aromatic rings. The van der Waals surface area contributed by atoms with Gasteiger partial charge in [-0.25, -0.2) is 4.39 Å². The highest BCUT2D eigenvalue weighted by atomic mass is 19.1. The zero-order valence-electron chi connectivity index (χ0n) is 17.1. The second-order valence-electron chi connectivity index (χ2n) is 6.53. The number of aryl methyl sites for hydroxylation is 1. The average Bonchev–Trinajstić information content (AvgIpc) is 3.14. The summed E-state index contributed by atoms with van der Waals surface area (Å²) in [6.07, 6.45) is 2.87. The van der Waals surface area contributed by atoms with E-state index in [0.717, 1.165) is 18.4 Å². The summed E-state index contributed by atoms with van der Waals surface area (Å²) in [5, 5.41) is 9.22. The summed E-state index contributed by atoms with van der Waals surface area (Å²) in [4.78, 5) is 16.1. The lowest BCUT2D eigenvalue weighted by atomic mass is 10.2. The number of nitrogens with one attached hydrogen (secondary N) is 3. The number of halogens is 1. The predicted octanol–water partition coefficient (Wildman–Crippen LogP) is 2.87. The fourth-order valence-electron chi connectivity index (χ4n) is 2.62. The van der Waals surface area contributed by atoms with Gasteiger partial charge in [-0.1, -0.05) is 13.0 Å². The van der Waals surface area contributed by atoms with Gasteiger partial charge < -0.3 is 25.1 Å². The summed E-state index contributed by atoms with van der Waals surface area (Å²) in [5.74, 6) is 0.954. The molecule has 158 valence electrons. The highest BCUT2D eigenvalue weighted by Crippen LogP contribution is 2.14. The van der Waals surface area contributed by atoms with Gasteiger partial charge in [0.25, 0.3) is 5.91 Å². The Morgan fingerprint density at radius 2 is 2.03 bits per heavy atom. The fourth-order valence-corrected chi connectivity index (χ4v) is 2.62. The van der Waals surface area contributed by atoms with Crippen LogP contribution in [0, 0.1) is 12.7 Å². The third-order valence-corrected chi connectivity index (χ3v) is 4.27. The monoisotopic (exact) mass is 404 g/mol. The van der Waals surface area contributed by atoms with E-state index in [1.54, 1.807) is 25.2 Å². The van der Waals surface area contributed by atoms with Crippen LogP contribution in [0.2, 0.25) is 0 Å². The van der Waals surface area contributed by atoms with Crippen molar-refractivity contribution in [1.82, 2.24) is 16.0 Å². The Hall–Kier alpha value is -3.03. The lowest BCUT2D eigenvalue weighted by molar-refractivity contribution is 0.0925. The molecule has 3 N–H and O–H groups in total. The zero-order chi connectivity index (χ0) is 21.1. The molecule has 0 aliphatic rings. The Morgan fingerprint density at radius 1 is 1.24 bits per heavy atom. The van der Waals surface area contributed by atoms with Crippen LogP contribution in [0.1, 0.15) is 35.9 Å². The van der Waals surface area contributed by atoms with Crippen molar-refractivity contribution in [1.29, 1.82) is 0 Å². The molecule has 7 nitrogen and oxygen atoms in total. The molecule has 0 bridgehead atoms. The Labute approximate surface area is 170 Å². The van der Waals surface area contributed by atoms with Gasteiger partial charge in [-0.3, -0.25) is 9.79 Å². The molecular weight excluding hydrogens is 375 g/mol. The van der Waals surface area contributed by atoms with Crippen molar-refractivity contribution in [3.63, 3.8) is 0 Å². The third-order valence-electron chi connectivity index (χ3n) is 4.27. The minimum Gasteiger partial charge on any atom is -0.489 e. The van der Waals surface area contributed by atoms with Crippen molar-refractivity contribution in [2.75, 3.05) is 26.7 Å². The molecule has 0 fully saturated rings. The van der Waals surface area contributed by atoms with Crippen LogP contribution in [-0.2, 0) is 0 Å². The number of hydrogen-bond donors (Lipinski definition) is 3. The Balaban J connectivity index is 1.66. The highest BCUT2D eigenvalue weighted by Gasteiger charge is 2.12. The molecular formula is C21H29FN4O3. The van der Waals surface area contributed by atoms with E-state index in [2.05, 4.69) is 20.9 Å². The van der Waals surface area contributed by atoms with E-state index < -0.39 is 0 Å². The number of amides is 1. The van der Waals surface area contributed by atoms with Crippen molar-refractivity contribution < 1.29 is 18.3 Å². The van der Waals surface area contributed by atoms with Crippen molar-refractivity contribution >= 4 is 11.9 Å². The predicted molar refractivity (Wildman–Crippen MR) is 111 cm³/mol. The maximum absolute atomic E-state index is 13.3. The molecule has 0 saturated carbocycles. The lowest BCUT2D eigenvalue weighted by Crippen LogP contribution is -2.43. The maximum atomic E-state index is 13.3. The summed E-state index contributed by atoms with van der Waals surface area (Å²) < 4.78 is 24.3. The molecule has 1 aromatic heterocycles. The SMILES string of the molecule is CCC(CNC(=NC)NCCCNC(=O)c1occc1C)Oc1cccc(F)c1. The van der Waals surface area contributed by atoms with Crippen LogP contribution < -0.4 is 20.7 Å². The van der Waals surface area contributed by atoms with E-state index >= 15 is 0 Å². The van der Waals surface area contributed by atoms with E-state index in [9.17, 15) is 9.18 Å². The summed E-state index contributed by atoms with van der Waals surface area (Å²) in [6.45, 7) is 5.52. The lowest BCUT2D eigenvalue weighted by Gasteiger charge is -2.20. The minimum atomic E-state index is -0.322. The molecule has 0 aliphatic carbocycles. The molecule has 29 heavy (non-hydrogen) atoms. The molecule has 1 unspecified atom stereocenters. The molecule has 8 heteroatoms. The Bertz CT molecular complexity index is 807. The van der Waals surface area contributed by atoms with Gasteiger partial charge in [0.1, 0.15) is 17.7 Å². The van der Waals surface area contributed by atoms with Crippen molar-refractivity contribution in [2.45, 2.75) is 32.8 Å². The number of aliphatic imine (C=N–C) groups is 1. The van der Waals surface area contributed by atoms with E-state index in [4.69, 9.17) is 9.15 Å². The molecule has 1 amide bonds.